The van der Waals surface area contributed by atoms with Crippen molar-refractivity contribution in [2.75, 3.05) is 13.2 Å². The summed E-state index contributed by atoms with van der Waals surface area (Å²) in [6, 6.07) is 9.86. The van der Waals surface area contributed by atoms with Crippen LogP contribution < -0.4 is 10.9 Å². The van der Waals surface area contributed by atoms with Crippen LogP contribution in [-0.2, 0) is 35.2 Å². The molecule has 8 nitrogen and oxygen atoms in total. The smallest absolute Gasteiger partial charge is 0.320 e. The van der Waals surface area contributed by atoms with Gasteiger partial charge >= 0.3 is 15.2 Å². The predicted molar refractivity (Wildman–Crippen MR) is 100 cm³/mol. The van der Waals surface area contributed by atoms with Crippen LogP contribution in [0.5, 0.6) is 0 Å². The van der Waals surface area contributed by atoms with Gasteiger partial charge in [0.2, 0.25) is 0 Å². The Bertz CT molecular complexity index is 754. The number of pyridine rings is 2. The molecule has 1 radical (unpaired) electrons. The molecule has 0 spiro atoms. The Kier molecular flexibility index (Phi) is 11.5. The van der Waals surface area contributed by atoms with E-state index in [1.54, 1.807) is 52.0 Å². The van der Waals surface area contributed by atoms with Crippen LogP contribution in [0.1, 0.15) is 25.2 Å². The molecule has 0 saturated carbocycles. The first-order valence-corrected chi connectivity index (χ1v) is 11.1. The molecule has 2 rings (SSSR count). The minimum Gasteiger partial charge on any atom is -0.320 e. The molecule has 0 saturated heterocycles. The van der Waals surface area contributed by atoms with Crippen LogP contribution in [-0.4, -0.2) is 33.0 Å². The van der Waals surface area contributed by atoms with Crippen LogP contribution in [0.15, 0.2) is 36.4 Å². The molecule has 0 aromatic carbocycles. The molecule has 2 aromatic heterocycles. The maximum Gasteiger partial charge on any atom is 0.376 e. The molecule has 0 bridgehead atoms. The van der Waals surface area contributed by atoms with Crippen LogP contribution in [0.25, 0.3) is 0 Å². The Morgan fingerprint density at radius 3 is 1.41 bits per heavy atom. The first-order chi connectivity index (χ1) is 12.1. The van der Waals surface area contributed by atoms with Gasteiger partial charge in [-0.3, -0.25) is 9.13 Å². The summed E-state index contributed by atoms with van der Waals surface area (Å²) in [6.07, 6.45) is 0. The molecule has 2 atom stereocenters. The zero-order chi connectivity index (χ0) is 19.8. The van der Waals surface area contributed by atoms with Crippen molar-refractivity contribution in [1.29, 1.82) is 0 Å². The number of aromatic nitrogens is 2. The van der Waals surface area contributed by atoms with E-state index in [-0.39, 0.29) is 41.2 Å². The number of aryl methyl sites for hydroxylation is 2. The second kappa shape index (κ2) is 11.8. The maximum atomic E-state index is 11.4. The van der Waals surface area contributed by atoms with Gasteiger partial charge in [0.05, 0.1) is 13.2 Å². The molecule has 2 heterocycles. The van der Waals surface area contributed by atoms with Crippen LogP contribution in [0.2, 0.25) is 0 Å². The summed E-state index contributed by atoms with van der Waals surface area (Å²) in [5, 5.41) is 0. The molecule has 2 aromatic rings. The predicted octanol–water partition coefficient (Wildman–Crippen LogP) is 2.47. The van der Waals surface area contributed by atoms with E-state index in [1.165, 1.54) is 12.1 Å². The Balaban J connectivity index is 0.000000483. The molecule has 2 N–H and O–H groups in total. The quantitative estimate of drug-likeness (QED) is 0.493. The van der Waals surface area contributed by atoms with Crippen LogP contribution in [0.4, 0.5) is 0 Å². The molecular weight excluding hydrogens is 442 g/mol. The summed E-state index contributed by atoms with van der Waals surface area (Å²) in [5.41, 5.74) is 1.61. The topological polar surface area (TPSA) is 119 Å². The molecule has 155 valence electrons. The Labute approximate surface area is 169 Å². The molecular formula is C16H24CuN2O6P2. The largest absolute Gasteiger partial charge is 0.376 e. The van der Waals surface area contributed by atoms with Gasteiger partial charge in [0.1, 0.15) is 0 Å². The summed E-state index contributed by atoms with van der Waals surface area (Å²) in [6.45, 7) is 7.25. The number of rotatable bonds is 6. The van der Waals surface area contributed by atoms with Gasteiger partial charge in [0.15, 0.2) is 10.9 Å². The van der Waals surface area contributed by atoms with Crippen molar-refractivity contribution in [2.24, 2.45) is 0 Å². The summed E-state index contributed by atoms with van der Waals surface area (Å²) >= 11 is 0. The second-order valence-corrected chi connectivity index (χ2v) is 8.67. The minimum atomic E-state index is -3.68. The fraction of sp³-hybridized carbons (Fsp3) is 0.375. The van der Waals surface area contributed by atoms with E-state index >= 15 is 0 Å². The third kappa shape index (κ3) is 8.77. The van der Waals surface area contributed by atoms with Gasteiger partial charge in [0.25, 0.3) is 0 Å². The zero-order valence-corrected chi connectivity index (χ0v) is 18.2. The monoisotopic (exact) mass is 465 g/mol. The van der Waals surface area contributed by atoms with Crippen molar-refractivity contribution < 1.29 is 45.0 Å². The molecule has 0 aliphatic carbocycles. The van der Waals surface area contributed by atoms with Gasteiger partial charge in [-0.25, -0.2) is 9.97 Å². The van der Waals surface area contributed by atoms with Crippen molar-refractivity contribution in [3.8, 4) is 0 Å². The van der Waals surface area contributed by atoms with Gasteiger partial charge in [-0.05, 0) is 52.0 Å². The van der Waals surface area contributed by atoms with E-state index in [1.807, 2.05) is 0 Å². The summed E-state index contributed by atoms with van der Waals surface area (Å²) in [5.74, 6) is 0. The molecule has 2 unspecified atom stereocenters. The Morgan fingerprint density at radius 2 is 1.15 bits per heavy atom. The SMILES string of the molecule is CCOP(=O)(O)c1cccc(C)n1.CCOP(=O)(O)c1cccc(C)n1.[Cu]. The summed E-state index contributed by atoms with van der Waals surface area (Å²) < 4.78 is 32.3. The number of hydrogen-bond acceptors (Lipinski definition) is 6. The third-order valence-corrected chi connectivity index (χ3v) is 5.81. The van der Waals surface area contributed by atoms with E-state index in [0.717, 1.165) is 0 Å². The first kappa shape index (κ1) is 26.1. The Hall–Kier alpha value is -0.881. The van der Waals surface area contributed by atoms with Crippen LogP contribution >= 0.6 is 15.2 Å². The number of hydrogen-bond donors (Lipinski definition) is 2. The van der Waals surface area contributed by atoms with Gasteiger partial charge in [-0.15, -0.1) is 0 Å². The summed E-state index contributed by atoms with van der Waals surface area (Å²) in [7, 11) is -7.37. The summed E-state index contributed by atoms with van der Waals surface area (Å²) in [4.78, 5) is 26.6. The average molecular weight is 466 g/mol. The third-order valence-electron chi connectivity index (χ3n) is 2.93. The van der Waals surface area contributed by atoms with E-state index in [0.29, 0.717) is 11.4 Å². The molecule has 0 aliphatic rings. The fourth-order valence-corrected chi connectivity index (χ4v) is 3.94. The van der Waals surface area contributed by atoms with Crippen molar-refractivity contribution in [2.45, 2.75) is 27.7 Å². The molecule has 27 heavy (non-hydrogen) atoms. The second-order valence-electron chi connectivity index (χ2n) is 5.15. The van der Waals surface area contributed by atoms with E-state index in [4.69, 9.17) is 9.05 Å². The van der Waals surface area contributed by atoms with E-state index in [2.05, 4.69) is 9.97 Å². The van der Waals surface area contributed by atoms with E-state index in [9.17, 15) is 18.9 Å². The minimum absolute atomic E-state index is 0. The average Bonchev–Trinajstić information content (AvgIpc) is 2.55. The van der Waals surface area contributed by atoms with Crippen molar-refractivity contribution in [3.05, 3.63) is 47.8 Å². The van der Waals surface area contributed by atoms with Crippen molar-refractivity contribution in [3.63, 3.8) is 0 Å². The Morgan fingerprint density at radius 1 is 0.815 bits per heavy atom. The molecule has 0 amide bonds. The fourth-order valence-electron chi connectivity index (χ4n) is 1.85. The molecule has 0 fully saturated rings. The van der Waals surface area contributed by atoms with Crippen molar-refractivity contribution in [1.82, 2.24) is 9.97 Å². The van der Waals surface area contributed by atoms with Gasteiger partial charge in [-0.1, -0.05) is 12.1 Å². The molecule has 0 aliphatic heterocycles. The van der Waals surface area contributed by atoms with Crippen molar-refractivity contribution >= 4 is 26.1 Å². The molecule has 11 heteroatoms. The van der Waals surface area contributed by atoms with Gasteiger partial charge in [-0.2, -0.15) is 0 Å². The van der Waals surface area contributed by atoms with Crippen LogP contribution in [0.3, 0.4) is 0 Å². The first-order valence-electron chi connectivity index (χ1n) is 7.95. The van der Waals surface area contributed by atoms with Gasteiger partial charge < -0.3 is 18.8 Å². The van der Waals surface area contributed by atoms with Crippen LogP contribution in [0, 0.1) is 13.8 Å². The zero-order valence-electron chi connectivity index (χ0n) is 15.5. The normalized spacial score (nSPS) is 14.7. The van der Waals surface area contributed by atoms with Gasteiger partial charge in [0, 0.05) is 28.5 Å². The number of nitrogens with zero attached hydrogens (tertiary/aromatic N) is 2. The van der Waals surface area contributed by atoms with E-state index < -0.39 is 15.2 Å². The maximum absolute atomic E-state index is 11.4. The standard InChI is InChI=1S/2C8H12NO3P.Cu/c2*1-3-12-13(10,11)8-6-4-5-7(2)9-8;/h2*4-6H,3H2,1-2H3,(H,10,11);.